The highest BCUT2D eigenvalue weighted by Crippen LogP contribution is 2.31. The van der Waals surface area contributed by atoms with Gasteiger partial charge < -0.3 is 4.90 Å². The van der Waals surface area contributed by atoms with Gasteiger partial charge in [0.25, 0.3) is 0 Å². The molecule has 1 fully saturated rings. The monoisotopic (exact) mass is 321 g/mol. The number of amides is 1. The highest BCUT2D eigenvalue weighted by molar-refractivity contribution is 14.1. The summed E-state index contributed by atoms with van der Waals surface area (Å²) in [5.41, 5.74) is 0. The Balaban J connectivity index is 2.52. The van der Waals surface area contributed by atoms with Gasteiger partial charge in [0.2, 0.25) is 5.91 Å². The Bertz CT molecular complexity index is 238. The number of carbonyl (C=O) groups is 1. The van der Waals surface area contributed by atoms with E-state index in [9.17, 15) is 4.79 Å². The van der Waals surface area contributed by atoms with Crippen LogP contribution in [-0.4, -0.2) is 27.3 Å². The van der Waals surface area contributed by atoms with Gasteiger partial charge >= 0.3 is 0 Å². The van der Waals surface area contributed by atoms with Crippen molar-refractivity contribution in [2.24, 2.45) is 0 Å². The molecule has 1 heterocycles. The average Bonchev–Trinajstić information content (AvgIpc) is 2.27. The highest BCUT2D eigenvalue weighted by atomic mass is 127. The molecule has 15 heavy (non-hydrogen) atoms. The third kappa shape index (κ3) is 4.53. The zero-order valence-corrected chi connectivity index (χ0v) is 11.6. The van der Waals surface area contributed by atoms with E-state index in [0.717, 1.165) is 25.9 Å². The van der Waals surface area contributed by atoms with E-state index in [-0.39, 0.29) is 5.91 Å². The van der Waals surface area contributed by atoms with Crippen LogP contribution in [-0.2, 0) is 4.79 Å². The Morgan fingerprint density at radius 2 is 1.93 bits per heavy atom. The molecule has 0 aliphatic carbocycles. The van der Waals surface area contributed by atoms with Crippen molar-refractivity contribution in [3.05, 3.63) is 12.7 Å². The molecule has 0 bridgehead atoms. The third-order valence-corrected chi connectivity index (χ3v) is 4.07. The van der Waals surface area contributed by atoms with Crippen LogP contribution in [0.5, 0.6) is 0 Å². The van der Waals surface area contributed by atoms with E-state index in [1.165, 1.54) is 25.3 Å². The van der Waals surface area contributed by atoms with Crippen LogP contribution >= 0.6 is 22.6 Å². The first-order valence-corrected chi connectivity index (χ1v) is 6.73. The summed E-state index contributed by atoms with van der Waals surface area (Å²) in [6, 6.07) is 0. The highest BCUT2D eigenvalue weighted by Gasteiger charge is 2.22. The van der Waals surface area contributed by atoms with Crippen molar-refractivity contribution < 1.29 is 4.79 Å². The van der Waals surface area contributed by atoms with Crippen LogP contribution < -0.4 is 0 Å². The molecular formula is C12H20INO. The smallest absolute Gasteiger partial charge is 0.245 e. The summed E-state index contributed by atoms with van der Waals surface area (Å²) < 4.78 is 0.422. The largest absolute Gasteiger partial charge is 0.339 e. The zero-order chi connectivity index (χ0) is 11.3. The lowest BCUT2D eigenvalue weighted by Crippen LogP contribution is -2.31. The molecule has 86 valence electrons. The van der Waals surface area contributed by atoms with Crippen molar-refractivity contribution in [2.45, 2.75) is 42.4 Å². The van der Waals surface area contributed by atoms with Gasteiger partial charge in [0.05, 0.1) is 0 Å². The predicted octanol–water partition coefficient (Wildman–Crippen LogP) is 3.16. The minimum atomic E-state index is 0.0899. The Hall–Kier alpha value is -0.0600. The molecule has 0 radical (unpaired) electrons. The van der Waals surface area contributed by atoms with Crippen LogP contribution in [0.2, 0.25) is 0 Å². The van der Waals surface area contributed by atoms with Crippen LogP contribution in [0.1, 0.15) is 39.0 Å². The van der Waals surface area contributed by atoms with Gasteiger partial charge in [-0.1, -0.05) is 42.5 Å². The molecule has 1 saturated heterocycles. The van der Waals surface area contributed by atoms with Crippen LogP contribution in [0, 0.1) is 0 Å². The average molecular weight is 321 g/mol. The Morgan fingerprint density at radius 3 is 2.60 bits per heavy atom. The van der Waals surface area contributed by atoms with Gasteiger partial charge in [0.1, 0.15) is 0 Å². The van der Waals surface area contributed by atoms with Gasteiger partial charge in [-0.2, -0.15) is 0 Å². The fourth-order valence-electron chi connectivity index (χ4n) is 2.02. The van der Waals surface area contributed by atoms with Crippen molar-refractivity contribution >= 4 is 28.5 Å². The Kier molecular flexibility index (Phi) is 5.09. The second-order valence-corrected chi connectivity index (χ2v) is 7.11. The first-order chi connectivity index (χ1) is 7.05. The zero-order valence-electron chi connectivity index (χ0n) is 9.47. The van der Waals surface area contributed by atoms with Gasteiger partial charge in [-0.25, -0.2) is 0 Å². The normalized spacial score (nSPS) is 28.8. The van der Waals surface area contributed by atoms with Gasteiger partial charge in [-0.3, -0.25) is 4.79 Å². The number of nitrogens with zero attached hydrogens (tertiary/aromatic N) is 1. The lowest BCUT2D eigenvalue weighted by molar-refractivity contribution is -0.126. The van der Waals surface area contributed by atoms with E-state index in [0.29, 0.717) is 3.42 Å². The van der Waals surface area contributed by atoms with E-state index in [2.05, 4.69) is 36.1 Å². The number of carbonyl (C=O) groups excluding carboxylic acids is 1. The summed E-state index contributed by atoms with van der Waals surface area (Å²) >= 11 is 2.56. The molecule has 0 spiro atoms. The molecule has 0 aromatic rings. The molecule has 2 nitrogen and oxygen atoms in total. The molecule has 0 aromatic carbocycles. The maximum atomic E-state index is 11.5. The van der Waals surface area contributed by atoms with E-state index in [1.54, 1.807) is 0 Å². The summed E-state index contributed by atoms with van der Waals surface area (Å²) in [4.78, 5) is 13.4. The molecule has 3 heteroatoms. The van der Waals surface area contributed by atoms with E-state index < -0.39 is 0 Å². The Morgan fingerprint density at radius 1 is 1.33 bits per heavy atom. The standard InChI is InChI=1S/C12H20INO/c1-3-11(15)14-9-5-4-7-12(2,13)8-6-10-14/h3H,1,4-10H2,2H3. The molecule has 1 aliphatic heterocycles. The number of rotatable bonds is 1. The van der Waals surface area contributed by atoms with Gasteiger partial charge in [0, 0.05) is 16.5 Å². The maximum absolute atomic E-state index is 11.5. The molecule has 1 amide bonds. The lowest BCUT2D eigenvalue weighted by atomic mass is 9.99. The van der Waals surface area contributed by atoms with Crippen molar-refractivity contribution in [1.29, 1.82) is 0 Å². The van der Waals surface area contributed by atoms with Crippen molar-refractivity contribution in [3.8, 4) is 0 Å². The summed E-state index contributed by atoms with van der Waals surface area (Å²) in [6.45, 7) is 7.66. The van der Waals surface area contributed by atoms with Crippen molar-refractivity contribution in [2.75, 3.05) is 13.1 Å². The predicted molar refractivity (Wildman–Crippen MR) is 72.3 cm³/mol. The number of hydrogen-bond donors (Lipinski definition) is 0. The van der Waals surface area contributed by atoms with Crippen LogP contribution in [0.3, 0.4) is 0 Å². The molecule has 0 aromatic heterocycles. The maximum Gasteiger partial charge on any atom is 0.245 e. The van der Waals surface area contributed by atoms with E-state index in [1.807, 2.05) is 4.90 Å². The summed E-state index contributed by atoms with van der Waals surface area (Å²) in [5, 5.41) is 0. The number of hydrogen-bond acceptors (Lipinski definition) is 1. The fourth-order valence-corrected chi connectivity index (χ4v) is 2.78. The van der Waals surface area contributed by atoms with Crippen LogP contribution in [0.25, 0.3) is 0 Å². The summed E-state index contributed by atoms with van der Waals surface area (Å²) in [6.07, 6.45) is 7.36. The molecule has 1 unspecified atom stereocenters. The number of halogens is 1. The van der Waals surface area contributed by atoms with Gasteiger partial charge in [-0.05, 0) is 31.8 Å². The first-order valence-electron chi connectivity index (χ1n) is 5.65. The Labute approximate surface area is 106 Å². The number of alkyl halides is 1. The first kappa shape index (κ1) is 13.0. The van der Waals surface area contributed by atoms with E-state index >= 15 is 0 Å². The third-order valence-electron chi connectivity index (χ3n) is 2.99. The lowest BCUT2D eigenvalue weighted by Gasteiger charge is -2.22. The summed E-state index contributed by atoms with van der Waals surface area (Å²) in [7, 11) is 0. The minimum absolute atomic E-state index is 0.0899. The van der Waals surface area contributed by atoms with Crippen LogP contribution in [0.4, 0.5) is 0 Å². The van der Waals surface area contributed by atoms with E-state index in [4.69, 9.17) is 0 Å². The molecule has 0 saturated carbocycles. The van der Waals surface area contributed by atoms with Gasteiger partial charge in [-0.15, -0.1) is 0 Å². The van der Waals surface area contributed by atoms with Crippen molar-refractivity contribution in [1.82, 2.24) is 4.90 Å². The topological polar surface area (TPSA) is 20.3 Å². The molecule has 1 rings (SSSR count). The molecular weight excluding hydrogens is 301 g/mol. The summed E-state index contributed by atoms with van der Waals surface area (Å²) in [5.74, 6) is 0.0899. The minimum Gasteiger partial charge on any atom is -0.339 e. The molecule has 0 N–H and O–H groups in total. The molecule has 1 atom stereocenters. The quantitative estimate of drug-likeness (QED) is 0.413. The molecule has 1 aliphatic rings. The SMILES string of the molecule is C=CC(=O)N1CCCCC(C)(I)CCC1. The van der Waals surface area contributed by atoms with Crippen molar-refractivity contribution in [3.63, 3.8) is 0 Å². The second kappa shape index (κ2) is 5.87. The fraction of sp³-hybridized carbons (Fsp3) is 0.750. The van der Waals surface area contributed by atoms with Crippen LogP contribution in [0.15, 0.2) is 12.7 Å². The van der Waals surface area contributed by atoms with Gasteiger partial charge in [0.15, 0.2) is 0 Å². The second-order valence-electron chi connectivity index (χ2n) is 4.50.